The highest BCUT2D eigenvalue weighted by molar-refractivity contribution is 6.07. The second-order valence-electron chi connectivity index (χ2n) is 19.7. The van der Waals surface area contributed by atoms with E-state index in [1.165, 1.54) is 83.0 Å². The molecule has 4 atom stereocenters. The Morgan fingerprint density at radius 3 is 1.11 bits per heavy atom. The Morgan fingerprint density at radius 1 is 0.459 bits per heavy atom. The molecule has 26 nitrogen and oxygen atoms in total. The summed E-state index contributed by atoms with van der Waals surface area (Å²) in [6.45, 7) is 2.69. The quantitative estimate of drug-likeness (QED) is 0.0226. The molecule has 0 saturated carbocycles. The number of carboxylic acid groups (broad SMARTS) is 1. The molecule has 4 aromatic carbocycles. The molecule has 0 fully saturated rings. The second-order valence-corrected chi connectivity index (χ2v) is 19.7. The smallest absolute Gasteiger partial charge is 0.322 e. The average Bonchev–Trinajstić information content (AvgIpc) is 3.52. The molecule has 4 rings (SSSR count). The van der Waals surface area contributed by atoms with Crippen molar-refractivity contribution in [3.05, 3.63) is 95.1 Å². The molecular weight excluding hydrogens is 1100 g/mol. The molecule has 4 aromatic rings. The summed E-state index contributed by atoms with van der Waals surface area (Å²) in [4.78, 5) is 113. The number of nitrogens with one attached hydrogen (secondary N) is 7. The summed E-state index contributed by atoms with van der Waals surface area (Å²) in [5, 5.41) is 28.0. The number of benzene rings is 4. The molecule has 0 aromatic heterocycles. The Labute approximate surface area is 494 Å². The van der Waals surface area contributed by atoms with Crippen molar-refractivity contribution in [3.8, 4) is 23.0 Å². The largest absolute Gasteiger partial charge is 0.496 e. The lowest BCUT2D eigenvalue weighted by atomic mass is 10.1. The number of hydrogen-bond donors (Lipinski definition) is 13. The lowest BCUT2D eigenvalue weighted by molar-refractivity contribution is -0.135. The highest BCUT2D eigenvalue weighted by atomic mass is 16.5. The Bertz CT molecular complexity index is 2960. The van der Waals surface area contributed by atoms with Gasteiger partial charge in [0.1, 0.15) is 47.7 Å². The minimum atomic E-state index is -1.27. The number of aliphatic carboxylic acids is 1. The summed E-state index contributed by atoms with van der Waals surface area (Å²) in [6.07, 6.45) is 5.78. The summed E-state index contributed by atoms with van der Waals surface area (Å²) in [6, 6.07) is 14.0. The van der Waals surface area contributed by atoms with E-state index in [4.69, 9.17) is 52.7 Å². The first-order valence-corrected chi connectivity index (χ1v) is 28.0. The SMILES string of the molecule is COc1ccc(NC(=O)[C@H](CCCCN)NC(=O)c2cc(NC(=O)[C@H](CCCCN)NC(=O)c3cc(NC(=O)[C@H](CCCCN)NC(=O)c4cc(N=C(C)[C@@H](N)CCCCN)ccc4OC)ccc3OC)ccc2OC)cc1C(=O)NCC(=O)O. The third-order valence-electron chi connectivity index (χ3n) is 13.5. The predicted octanol–water partition coefficient (Wildman–Crippen LogP) is 3.68. The van der Waals surface area contributed by atoms with Crippen molar-refractivity contribution < 1.29 is 62.4 Å². The van der Waals surface area contributed by atoms with Crippen LogP contribution in [0.3, 0.4) is 0 Å². The van der Waals surface area contributed by atoms with Gasteiger partial charge in [0.15, 0.2) is 0 Å². The van der Waals surface area contributed by atoms with Gasteiger partial charge in [-0.05, 0) is 177 Å². The molecule has 0 spiro atoms. The van der Waals surface area contributed by atoms with Crippen molar-refractivity contribution in [1.82, 2.24) is 21.3 Å². The fourth-order valence-corrected chi connectivity index (χ4v) is 8.77. The fraction of sp³-hybridized carbons (Fsp3) is 0.441. The standard InChI is InChI=1S/C59H83N13O13/c1-35(44(64)14-6-10-26-60)66-36-18-22-49(83-3)41(30-36)54(76)70-46(16-8-12-28-62)58(80)68-38-20-24-51(85-5)43(32-38)56(78)72-47(17-9-13-29-63)59(81)69-39-21-25-50(84-4)42(33-39)55(77)71-45(15-7-11-27-61)57(79)67-37-19-23-48(82-2)40(31-37)53(75)65-34-52(73)74/h18-25,30-33,44-47H,6-17,26-29,34,60-64H2,1-5H3,(H,65,75)(H,67,79)(H,68,80)(H,69,81)(H,70,76)(H,71,77)(H,72,78)(H,73,74)/t44-,45-,46-,47-/m0/s1. The highest BCUT2D eigenvalue weighted by Gasteiger charge is 2.29. The van der Waals surface area contributed by atoms with Crippen LogP contribution >= 0.6 is 0 Å². The third-order valence-corrected chi connectivity index (χ3v) is 13.5. The zero-order valence-corrected chi connectivity index (χ0v) is 48.9. The maximum Gasteiger partial charge on any atom is 0.322 e. The first-order chi connectivity index (χ1) is 40.8. The Kier molecular flexibility index (Phi) is 29.2. The summed E-state index contributed by atoms with van der Waals surface area (Å²) < 4.78 is 21.9. The number of methoxy groups -OCH3 is 4. The monoisotopic (exact) mass is 1180 g/mol. The van der Waals surface area contributed by atoms with Gasteiger partial charge in [-0.3, -0.25) is 43.3 Å². The van der Waals surface area contributed by atoms with Crippen molar-refractivity contribution in [1.29, 1.82) is 0 Å². The van der Waals surface area contributed by atoms with Gasteiger partial charge in [0.2, 0.25) is 17.7 Å². The van der Waals surface area contributed by atoms with Gasteiger partial charge in [0, 0.05) is 28.8 Å². The number of carbonyl (C=O) groups is 8. The van der Waals surface area contributed by atoms with E-state index in [-0.39, 0.29) is 87.6 Å². The molecule has 0 heterocycles. The fourth-order valence-electron chi connectivity index (χ4n) is 8.77. The molecule has 85 heavy (non-hydrogen) atoms. The van der Waals surface area contributed by atoms with Crippen LogP contribution in [0.2, 0.25) is 0 Å². The third kappa shape index (κ3) is 21.8. The molecule has 7 amide bonds. The van der Waals surface area contributed by atoms with Crippen LogP contribution in [-0.4, -0.2) is 143 Å². The first kappa shape index (κ1) is 68.8. The minimum absolute atomic E-state index is 0.0423. The van der Waals surface area contributed by atoms with Gasteiger partial charge in [-0.15, -0.1) is 0 Å². The number of aliphatic imine (C=N–C) groups is 1. The molecule has 0 aliphatic rings. The van der Waals surface area contributed by atoms with E-state index in [2.05, 4.69) is 42.2 Å². The topological polar surface area (TPSA) is 420 Å². The van der Waals surface area contributed by atoms with Crippen LogP contribution in [0.25, 0.3) is 0 Å². The molecule has 462 valence electrons. The number of amides is 7. The number of ether oxygens (including phenoxy) is 4. The first-order valence-electron chi connectivity index (χ1n) is 28.0. The molecule has 26 heteroatoms. The highest BCUT2D eigenvalue weighted by Crippen LogP contribution is 2.29. The van der Waals surface area contributed by atoms with E-state index >= 15 is 0 Å². The van der Waals surface area contributed by atoms with Gasteiger partial charge in [-0.2, -0.15) is 0 Å². The Hall–Kier alpha value is -8.69. The number of carbonyl (C=O) groups excluding carboxylic acids is 7. The van der Waals surface area contributed by atoms with Gasteiger partial charge < -0.3 is 89.9 Å². The van der Waals surface area contributed by atoms with Gasteiger partial charge >= 0.3 is 5.97 Å². The second kappa shape index (κ2) is 36.1. The van der Waals surface area contributed by atoms with Crippen LogP contribution in [0.5, 0.6) is 23.0 Å². The molecule has 18 N–H and O–H groups in total. The molecule has 0 aliphatic heterocycles. The molecule has 0 unspecified atom stereocenters. The normalized spacial score (nSPS) is 12.5. The average molecular weight is 1180 g/mol. The van der Waals surface area contributed by atoms with Crippen LogP contribution in [-0.2, 0) is 19.2 Å². The van der Waals surface area contributed by atoms with E-state index in [0.717, 1.165) is 12.8 Å². The molecule has 0 radical (unpaired) electrons. The number of carboxylic acids is 1. The van der Waals surface area contributed by atoms with E-state index in [1.807, 2.05) is 6.92 Å². The molecular formula is C59H83N13O13. The van der Waals surface area contributed by atoms with Crippen molar-refractivity contribution in [3.63, 3.8) is 0 Å². The predicted molar refractivity (Wildman–Crippen MR) is 324 cm³/mol. The van der Waals surface area contributed by atoms with Crippen LogP contribution < -0.4 is 84.8 Å². The van der Waals surface area contributed by atoms with E-state index in [0.29, 0.717) is 82.5 Å². The van der Waals surface area contributed by atoms with Crippen LogP contribution in [0, 0.1) is 0 Å². The minimum Gasteiger partial charge on any atom is -0.496 e. The van der Waals surface area contributed by atoms with Crippen molar-refractivity contribution in [2.24, 2.45) is 33.7 Å². The molecule has 0 saturated heterocycles. The van der Waals surface area contributed by atoms with Crippen LogP contribution in [0.4, 0.5) is 22.7 Å². The summed E-state index contributed by atoms with van der Waals surface area (Å²) in [5.74, 6) is -5.48. The van der Waals surface area contributed by atoms with Crippen molar-refractivity contribution in [2.75, 3.05) is 77.1 Å². The lowest BCUT2D eigenvalue weighted by Crippen LogP contribution is -2.44. The van der Waals surface area contributed by atoms with E-state index in [1.54, 1.807) is 18.2 Å². The van der Waals surface area contributed by atoms with Crippen LogP contribution in [0.1, 0.15) is 125 Å². The van der Waals surface area contributed by atoms with Gasteiger partial charge in [0.25, 0.3) is 23.6 Å². The maximum absolute atomic E-state index is 14.3. The lowest BCUT2D eigenvalue weighted by Gasteiger charge is -2.22. The molecule has 0 bridgehead atoms. The summed E-state index contributed by atoms with van der Waals surface area (Å²) in [7, 11) is 5.43. The van der Waals surface area contributed by atoms with E-state index < -0.39 is 72.0 Å². The number of nitrogens with zero attached hydrogens (tertiary/aromatic N) is 1. The number of hydrogen-bond acceptors (Lipinski definition) is 18. The number of anilines is 3. The van der Waals surface area contributed by atoms with Gasteiger partial charge in [-0.1, -0.05) is 6.42 Å². The Morgan fingerprint density at radius 2 is 0.776 bits per heavy atom. The number of nitrogens with two attached hydrogens (primary N) is 5. The van der Waals surface area contributed by atoms with E-state index in [9.17, 15) is 38.4 Å². The van der Waals surface area contributed by atoms with Crippen LogP contribution in [0.15, 0.2) is 77.8 Å². The molecule has 0 aliphatic carbocycles. The maximum atomic E-state index is 14.3. The van der Waals surface area contributed by atoms with Gasteiger partial charge in [0.05, 0.1) is 56.4 Å². The number of unbranched alkanes of at least 4 members (excludes halogenated alkanes) is 4. The van der Waals surface area contributed by atoms with Gasteiger partial charge in [-0.25, -0.2) is 0 Å². The number of rotatable bonds is 37. The van der Waals surface area contributed by atoms with Crippen molar-refractivity contribution >= 4 is 75.8 Å². The zero-order valence-electron chi connectivity index (χ0n) is 48.9. The van der Waals surface area contributed by atoms with Crippen molar-refractivity contribution in [2.45, 2.75) is 108 Å². The summed E-state index contributed by atoms with van der Waals surface area (Å²) >= 11 is 0. The summed E-state index contributed by atoms with van der Waals surface area (Å²) in [5.41, 5.74) is 30.9. The Balaban J connectivity index is 1.56. The zero-order chi connectivity index (χ0) is 62.4.